The largest absolute Gasteiger partial charge is 0.490 e. The number of aromatic amines is 1. The van der Waals surface area contributed by atoms with E-state index < -0.39 is 0 Å². The van der Waals surface area contributed by atoms with Crippen molar-refractivity contribution in [2.75, 3.05) is 51.5 Å². The molecule has 4 N–H and O–H groups in total. The number of rotatable bonds is 8. The van der Waals surface area contributed by atoms with Crippen molar-refractivity contribution in [3.8, 4) is 5.75 Å². The number of benzene rings is 2. The number of nitrogens with one attached hydrogen (secondary N) is 2. The molecule has 0 saturated heterocycles. The summed E-state index contributed by atoms with van der Waals surface area (Å²) in [7, 11) is 3.72. The lowest BCUT2D eigenvalue weighted by molar-refractivity contribution is 0.150. The Kier molecular flexibility index (Phi) is 6.64. The number of anilines is 3. The van der Waals surface area contributed by atoms with E-state index in [1.807, 2.05) is 50.4 Å². The standard InChI is InChI=1S/C23H27ClN6O2/c1-14-21-23(29-28-14)26-19-13-20(32-11-9-30(2)8-10-31-3)18(25)12-16(19)22(27-21)15-6-4-5-7-17(15)24/h4-7,12-13H,8-11,25H2,1-3H3,(H2,26,28,29). The predicted molar refractivity (Wildman–Crippen MR) is 129 cm³/mol. The molecule has 2 heterocycles. The van der Waals surface area contributed by atoms with Crippen LogP contribution in [0.3, 0.4) is 0 Å². The van der Waals surface area contributed by atoms with E-state index in [-0.39, 0.29) is 0 Å². The number of ether oxygens (including phenoxy) is 2. The van der Waals surface area contributed by atoms with E-state index in [1.165, 1.54) is 0 Å². The average molecular weight is 455 g/mol. The first kappa shape index (κ1) is 22.1. The highest BCUT2D eigenvalue weighted by Crippen LogP contribution is 2.40. The van der Waals surface area contributed by atoms with Gasteiger partial charge in [0.1, 0.15) is 18.0 Å². The number of methoxy groups -OCH3 is 1. The molecule has 0 spiro atoms. The van der Waals surface area contributed by atoms with Gasteiger partial charge in [0.05, 0.1) is 29.4 Å². The van der Waals surface area contributed by atoms with Crippen LogP contribution >= 0.6 is 11.6 Å². The van der Waals surface area contributed by atoms with Crippen molar-refractivity contribution >= 4 is 40.2 Å². The van der Waals surface area contributed by atoms with Crippen LogP contribution in [0.1, 0.15) is 16.8 Å². The molecule has 3 aromatic rings. The topological polar surface area (TPSA) is 101 Å². The molecule has 1 aromatic heterocycles. The zero-order chi connectivity index (χ0) is 22.7. The van der Waals surface area contributed by atoms with Gasteiger partial charge in [-0.3, -0.25) is 5.10 Å². The number of aryl methyl sites for hydroxylation is 1. The van der Waals surface area contributed by atoms with E-state index in [0.29, 0.717) is 35.5 Å². The van der Waals surface area contributed by atoms with Crippen molar-refractivity contribution in [1.29, 1.82) is 0 Å². The molecule has 1 aliphatic heterocycles. The van der Waals surface area contributed by atoms with E-state index in [1.54, 1.807) is 7.11 Å². The zero-order valence-electron chi connectivity index (χ0n) is 18.4. The van der Waals surface area contributed by atoms with Gasteiger partial charge in [-0.15, -0.1) is 0 Å². The molecule has 0 atom stereocenters. The van der Waals surface area contributed by atoms with E-state index in [2.05, 4.69) is 20.4 Å². The minimum Gasteiger partial charge on any atom is -0.490 e. The van der Waals surface area contributed by atoms with Crippen LogP contribution in [-0.4, -0.2) is 61.3 Å². The third kappa shape index (κ3) is 4.57. The van der Waals surface area contributed by atoms with Gasteiger partial charge >= 0.3 is 0 Å². The Morgan fingerprint density at radius 3 is 2.69 bits per heavy atom. The van der Waals surface area contributed by atoms with Gasteiger partial charge in [0.2, 0.25) is 0 Å². The highest BCUT2D eigenvalue weighted by atomic mass is 35.5. The molecule has 1 aliphatic rings. The van der Waals surface area contributed by atoms with Crippen LogP contribution in [0.2, 0.25) is 5.02 Å². The summed E-state index contributed by atoms with van der Waals surface area (Å²) in [5, 5.41) is 11.3. The Labute approximate surface area is 192 Å². The number of hydrogen-bond acceptors (Lipinski definition) is 7. The third-order valence-corrected chi connectivity index (χ3v) is 5.66. The predicted octanol–water partition coefficient (Wildman–Crippen LogP) is 4.14. The number of halogens is 1. The van der Waals surface area contributed by atoms with Gasteiger partial charge in [-0.2, -0.15) is 5.10 Å². The minimum atomic E-state index is 0.501. The molecule has 168 valence electrons. The van der Waals surface area contributed by atoms with Crippen molar-refractivity contribution < 1.29 is 9.47 Å². The SMILES string of the molecule is COCCN(C)CCOc1cc2c(cc1N)C(c1ccccc1Cl)=Nc1c(n[nH]c1C)N2. The molecule has 0 amide bonds. The fraction of sp³-hybridized carbons (Fsp3) is 0.304. The number of hydrogen-bond donors (Lipinski definition) is 3. The summed E-state index contributed by atoms with van der Waals surface area (Å²) in [4.78, 5) is 7.06. The molecule has 8 nitrogen and oxygen atoms in total. The van der Waals surface area contributed by atoms with Crippen molar-refractivity contribution in [3.63, 3.8) is 0 Å². The first-order valence-corrected chi connectivity index (χ1v) is 10.8. The fourth-order valence-corrected chi connectivity index (χ4v) is 3.72. The van der Waals surface area contributed by atoms with Crippen LogP contribution in [0.25, 0.3) is 0 Å². The Morgan fingerprint density at radius 1 is 1.12 bits per heavy atom. The van der Waals surface area contributed by atoms with Crippen molar-refractivity contribution in [3.05, 3.63) is 58.2 Å². The zero-order valence-corrected chi connectivity index (χ0v) is 19.2. The summed E-state index contributed by atoms with van der Waals surface area (Å²) in [6.45, 7) is 4.70. The molecule has 0 bridgehead atoms. The minimum absolute atomic E-state index is 0.501. The maximum atomic E-state index is 6.53. The quantitative estimate of drug-likeness (QED) is 0.346. The van der Waals surface area contributed by atoms with Crippen LogP contribution in [-0.2, 0) is 4.74 Å². The van der Waals surface area contributed by atoms with Crippen LogP contribution in [0, 0.1) is 6.92 Å². The number of likely N-dealkylation sites (N-methyl/N-ethyl adjacent to an activating group) is 1. The number of fused-ring (bicyclic) bond motifs is 2. The van der Waals surface area contributed by atoms with E-state index in [0.717, 1.165) is 47.0 Å². The summed E-state index contributed by atoms with van der Waals surface area (Å²) in [6, 6.07) is 11.4. The molecule has 0 fully saturated rings. The van der Waals surface area contributed by atoms with Crippen molar-refractivity contribution in [1.82, 2.24) is 15.1 Å². The Balaban J connectivity index is 1.69. The molecule has 9 heteroatoms. The second-order valence-electron chi connectivity index (χ2n) is 7.69. The maximum Gasteiger partial charge on any atom is 0.178 e. The molecular formula is C23H27ClN6O2. The van der Waals surface area contributed by atoms with Gasteiger partial charge in [-0.05, 0) is 26.1 Å². The van der Waals surface area contributed by atoms with Crippen LogP contribution in [0.15, 0.2) is 41.4 Å². The lowest BCUT2D eigenvalue weighted by Gasteiger charge is -2.18. The lowest BCUT2D eigenvalue weighted by Crippen LogP contribution is -2.27. The van der Waals surface area contributed by atoms with E-state index >= 15 is 0 Å². The first-order chi connectivity index (χ1) is 15.5. The fourth-order valence-electron chi connectivity index (χ4n) is 3.50. The number of nitrogen functional groups attached to an aromatic ring is 1. The summed E-state index contributed by atoms with van der Waals surface area (Å²) >= 11 is 6.53. The van der Waals surface area contributed by atoms with Gasteiger partial charge in [0.25, 0.3) is 0 Å². The monoisotopic (exact) mass is 454 g/mol. The van der Waals surface area contributed by atoms with Gasteiger partial charge in [-0.25, -0.2) is 4.99 Å². The molecule has 0 radical (unpaired) electrons. The molecule has 0 aliphatic carbocycles. The summed E-state index contributed by atoms with van der Waals surface area (Å²) in [6.07, 6.45) is 0. The van der Waals surface area contributed by atoms with Crippen molar-refractivity contribution in [2.24, 2.45) is 4.99 Å². The van der Waals surface area contributed by atoms with Gasteiger partial charge in [-0.1, -0.05) is 29.8 Å². The Morgan fingerprint density at radius 2 is 1.91 bits per heavy atom. The van der Waals surface area contributed by atoms with E-state index in [9.17, 15) is 0 Å². The highest BCUT2D eigenvalue weighted by molar-refractivity contribution is 6.36. The highest BCUT2D eigenvalue weighted by Gasteiger charge is 2.24. The molecule has 4 rings (SSSR count). The number of aromatic nitrogens is 2. The first-order valence-electron chi connectivity index (χ1n) is 10.4. The molecule has 2 aromatic carbocycles. The van der Waals surface area contributed by atoms with Crippen LogP contribution in [0.5, 0.6) is 5.75 Å². The summed E-state index contributed by atoms with van der Waals surface area (Å²) < 4.78 is 11.1. The van der Waals surface area contributed by atoms with Crippen LogP contribution in [0.4, 0.5) is 22.9 Å². The van der Waals surface area contributed by atoms with E-state index in [4.69, 9.17) is 31.8 Å². The second-order valence-corrected chi connectivity index (χ2v) is 8.10. The van der Waals surface area contributed by atoms with Gasteiger partial charge < -0.3 is 25.4 Å². The third-order valence-electron chi connectivity index (χ3n) is 5.33. The number of aliphatic imine (C=N–C) groups is 1. The van der Waals surface area contributed by atoms with Crippen molar-refractivity contribution in [2.45, 2.75) is 6.92 Å². The summed E-state index contributed by atoms with van der Waals surface area (Å²) in [5.74, 6) is 1.24. The molecule has 0 saturated carbocycles. The number of nitrogens with two attached hydrogens (primary N) is 1. The normalized spacial score (nSPS) is 12.6. The lowest BCUT2D eigenvalue weighted by atomic mass is 9.99. The molecular weight excluding hydrogens is 428 g/mol. The molecule has 32 heavy (non-hydrogen) atoms. The molecule has 0 unspecified atom stereocenters. The van der Waals surface area contributed by atoms with Gasteiger partial charge in [0.15, 0.2) is 5.82 Å². The van der Waals surface area contributed by atoms with Crippen LogP contribution < -0.4 is 15.8 Å². The number of nitrogens with zero attached hydrogens (tertiary/aromatic N) is 3. The second kappa shape index (κ2) is 9.60. The Bertz CT molecular complexity index is 1140. The maximum absolute atomic E-state index is 6.53. The smallest absolute Gasteiger partial charge is 0.178 e. The van der Waals surface area contributed by atoms with Gasteiger partial charge in [0, 0.05) is 42.4 Å². The number of H-pyrrole nitrogens is 1. The Hall–Kier alpha value is -3.07. The summed E-state index contributed by atoms with van der Waals surface area (Å²) in [5.41, 5.74) is 11.7. The average Bonchev–Trinajstić information content (AvgIpc) is 3.03.